The van der Waals surface area contributed by atoms with Gasteiger partial charge in [-0.25, -0.2) is 22.3 Å². The molecule has 0 aliphatic heterocycles. The molecule has 9 heteroatoms. The molecule has 0 atom stereocenters. The van der Waals surface area contributed by atoms with E-state index in [-0.39, 0.29) is 18.7 Å². The molecule has 0 bridgehead atoms. The predicted octanol–water partition coefficient (Wildman–Crippen LogP) is 3.15. The van der Waals surface area contributed by atoms with Crippen molar-refractivity contribution in [3.8, 4) is 5.75 Å². The Kier molecular flexibility index (Phi) is 6.22. The van der Waals surface area contributed by atoms with Crippen molar-refractivity contribution in [2.24, 2.45) is 0 Å². The molecule has 0 fully saturated rings. The van der Waals surface area contributed by atoms with Crippen LogP contribution in [0.5, 0.6) is 5.75 Å². The number of benzene rings is 2. The molecule has 0 radical (unpaired) electrons. The molecule has 2 N–H and O–H groups in total. The number of aryl methyl sites for hydroxylation is 2. The Bertz CT molecular complexity index is 923. The number of carboxylic acid groups (broad SMARTS) is 1. The van der Waals surface area contributed by atoms with Gasteiger partial charge in [0.2, 0.25) is 10.0 Å². The van der Waals surface area contributed by atoms with Gasteiger partial charge in [0, 0.05) is 11.6 Å². The zero-order valence-electron chi connectivity index (χ0n) is 14.0. The van der Waals surface area contributed by atoms with E-state index in [2.05, 4.69) is 4.72 Å². The highest BCUT2D eigenvalue weighted by atomic mass is 35.5. The van der Waals surface area contributed by atoms with E-state index in [0.717, 1.165) is 29.3 Å². The van der Waals surface area contributed by atoms with Crippen LogP contribution in [0.2, 0.25) is 5.02 Å². The lowest BCUT2D eigenvalue weighted by molar-refractivity contribution is 0.0696. The highest BCUT2D eigenvalue weighted by molar-refractivity contribution is 7.89. The average molecular weight is 402 g/mol. The van der Waals surface area contributed by atoms with Gasteiger partial charge in [0.15, 0.2) is 0 Å². The molecule has 0 saturated heterocycles. The molecule has 0 saturated carbocycles. The zero-order chi connectivity index (χ0) is 19.5. The monoisotopic (exact) mass is 401 g/mol. The van der Waals surface area contributed by atoms with Crippen LogP contribution >= 0.6 is 11.6 Å². The van der Waals surface area contributed by atoms with E-state index < -0.39 is 26.7 Å². The van der Waals surface area contributed by atoms with E-state index in [0.29, 0.717) is 10.8 Å². The van der Waals surface area contributed by atoms with Crippen LogP contribution in [0.15, 0.2) is 35.2 Å². The Labute approximate surface area is 155 Å². The summed E-state index contributed by atoms with van der Waals surface area (Å²) in [6.45, 7) is 3.52. The molecule has 0 aliphatic rings. The number of nitrogens with one attached hydrogen (secondary N) is 1. The fourth-order valence-corrected chi connectivity index (χ4v) is 3.48. The van der Waals surface area contributed by atoms with Crippen LogP contribution in [-0.2, 0) is 10.0 Å². The number of sulfonamides is 1. The molecule has 0 heterocycles. The van der Waals surface area contributed by atoms with Gasteiger partial charge >= 0.3 is 5.97 Å². The van der Waals surface area contributed by atoms with Crippen LogP contribution < -0.4 is 9.46 Å². The molecule has 0 aliphatic carbocycles. The largest absolute Gasteiger partial charge is 0.492 e. The number of carbonyl (C=O) groups is 1. The topological polar surface area (TPSA) is 92.7 Å². The van der Waals surface area contributed by atoms with Crippen molar-refractivity contribution < 1.29 is 27.4 Å². The Morgan fingerprint density at radius 3 is 2.42 bits per heavy atom. The second kappa shape index (κ2) is 8.03. The van der Waals surface area contributed by atoms with E-state index in [4.69, 9.17) is 21.4 Å². The van der Waals surface area contributed by atoms with Crippen molar-refractivity contribution in [1.29, 1.82) is 0 Å². The Morgan fingerprint density at radius 1 is 1.23 bits per heavy atom. The molecule has 0 spiro atoms. The first-order valence-electron chi connectivity index (χ1n) is 7.54. The second-order valence-electron chi connectivity index (χ2n) is 5.57. The molecule has 0 unspecified atom stereocenters. The van der Waals surface area contributed by atoms with Crippen LogP contribution in [0.3, 0.4) is 0 Å². The maximum atomic E-state index is 13.8. The van der Waals surface area contributed by atoms with Crippen molar-refractivity contribution in [1.82, 2.24) is 4.72 Å². The van der Waals surface area contributed by atoms with Crippen molar-refractivity contribution >= 4 is 27.6 Å². The van der Waals surface area contributed by atoms with E-state index in [9.17, 15) is 17.6 Å². The van der Waals surface area contributed by atoms with Gasteiger partial charge in [0.25, 0.3) is 0 Å². The number of hydrogen-bond acceptors (Lipinski definition) is 4. The van der Waals surface area contributed by atoms with Crippen LogP contribution in [0.25, 0.3) is 0 Å². The fourth-order valence-electron chi connectivity index (χ4n) is 2.25. The fraction of sp³-hybridized carbons (Fsp3) is 0.235. The van der Waals surface area contributed by atoms with Gasteiger partial charge in [0.05, 0.1) is 5.56 Å². The van der Waals surface area contributed by atoms with Gasteiger partial charge in [-0.05, 0) is 55.3 Å². The lowest BCUT2D eigenvalue weighted by Crippen LogP contribution is -2.29. The van der Waals surface area contributed by atoms with Gasteiger partial charge < -0.3 is 9.84 Å². The van der Waals surface area contributed by atoms with Crippen molar-refractivity contribution in [2.45, 2.75) is 18.7 Å². The lowest BCUT2D eigenvalue weighted by atomic mass is 10.1. The highest BCUT2D eigenvalue weighted by Crippen LogP contribution is 2.25. The van der Waals surface area contributed by atoms with E-state index in [1.54, 1.807) is 12.1 Å². The molecule has 0 amide bonds. The third-order valence-electron chi connectivity index (χ3n) is 3.54. The molecule has 2 rings (SSSR count). The second-order valence-corrected chi connectivity index (χ2v) is 7.68. The summed E-state index contributed by atoms with van der Waals surface area (Å²) in [5.74, 6) is -1.85. The Hall–Kier alpha value is -2.16. The van der Waals surface area contributed by atoms with Crippen LogP contribution in [0.4, 0.5) is 4.39 Å². The van der Waals surface area contributed by atoms with Crippen LogP contribution in [0, 0.1) is 19.7 Å². The molecular weight excluding hydrogens is 385 g/mol. The quantitative estimate of drug-likeness (QED) is 0.695. The normalized spacial score (nSPS) is 11.4. The number of aromatic carboxylic acids is 1. The zero-order valence-corrected chi connectivity index (χ0v) is 15.6. The molecule has 0 aromatic heterocycles. The maximum Gasteiger partial charge on any atom is 0.335 e. The first-order chi connectivity index (χ1) is 12.1. The minimum absolute atomic E-state index is 0.0000172. The summed E-state index contributed by atoms with van der Waals surface area (Å²) >= 11 is 6.06. The molecule has 6 nitrogen and oxygen atoms in total. The summed E-state index contributed by atoms with van der Waals surface area (Å²) in [5, 5.41) is 9.53. The lowest BCUT2D eigenvalue weighted by Gasteiger charge is -2.11. The summed E-state index contributed by atoms with van der Waals surface area (Å²) in [6.07, 6.45) is 0. The highest BCUT2D eigenvalue weighted by Gasteiger charge is 2.20. The van der Waals surface area contributed by atoms with Gasteiger partial charge in [-0.15, -0.1) is 0 Å². The smallest absolute Gasteiger partial charge is 0.335 e. The molecule has 2 aromatic carbocycles. The summed E-state index contributed by atoms with van der Waals surface area (Å²) in [5.41, 5.74) is 1.33. The molecular formula is C17H17ClFNO5S. The first-order valence-corrected chi connectivity index (χ1v) is 9.40. The number of hydrogen-bond donors (Lipinski definition) is 2. The predicted molar refractivity (Wildman–Crippen MR) is 95.0 cm³/mol. The van der Waals surface area contributed by atoms with Crippen molar-refractivity contribution in [3.63, 3.8) is 0 Å². The van der Waals surface area contributed by atoms with E-state index >= 15 is 0 Å². The van der Waals surface area contributed by atoms with Gasteiger partial charge in [-0.2, -0.15) is 0 Å². The third kappa shape index (κ3) is 4.72. The minimum atomic E-state index is -4.21. The maximum absolute atomic E-state index is 13.8. The molecule has 2 aromatic rings. The van der Waals surface area contributed by atoms with E-state index in [1.807, 2.05) is 13.8 Å². The van der Waals surface area contributed by atoms with Crippen LogP contribution in [-0.4, -0.2) is 32.6 Å². The summed E-state index contributed by atoms with van der Waals surface area (Å²) in [4.78, 5) is 10.2. The summed E-state index contributed by atoms with van der Waals surface area (Å²) in [7, 11) is -4.21. The number of ether oxygens (including phenoxy) is 1. The number of carboxylic acids is 1. The standard InChI is InChI=1S/C17H17ClFNO5S/c1-10-7-13(8-11(2)16(10)18)25-6-5-20-26(23,24)15-9-12(17(21)22)3-4-14(15)19/h3-4,7-9,20H,5-6H2,1-2H3,(H,21,22). The SMILES string of the molecule is Cc1cc(OCCNS(=O)(=O)c2cc(C(=O)O)ccc2F)cc(C)c1Cl. The average Bonchev–Trinajstić information content (AvgIpc) is 2.56. The first kappa shape index (κ1) is 20.2. The number of halogens is 2. The van der Waals surface area contributed by atoms with Crippen molar-refractivity contribution in [2.75, 3.05) is 13.2 Å². The molecule has 26 heavy (non-hydrogen) atoms. The molecule has 140 valence electrons. The third-order valence-corrected chi connectivity index (χ3v) is 5.61. The van der Waals surface area contributed by atoms with E-state index in [1.165, 1.54) is 0 Å². The number of rotatable bonds is 7. The van der Waals surface area contributed by atoms with Gasteiger partial charge in [0.1, 0.15) is 23.1 Å². The Balaban J connectivity index is 2.03. The van der Waals surface area contributed by atoms with Crippen LogP contribution in [0.1, 0.15) is 21.5 Å². The minimum Gasteiger partial charge on any atom is -0.492 e. The van der Waals surface area contributed by atoms with Gasteiger partial charge in [-0.3, -0.25) is 0 Å². The van der Waals surface area contributed by atoms with Crippen molar-refractivity contribution in [3.05, 3.63) is 57.9 Å². The van der Waals surface area contributed by atoms with Gasteiger partial charge in [-0.1, -0.05) is 11.6 Å². The Morgan fingerprint density at radius 2 is 1.85 bits per heavy atom. The summed E-state index contributed by atoms with van der Waals surface area (Å²) < 4.78 is 45.8. The summed E-state index contributed by atoms with van der Waals surface area (Å²) in [6, 6.07) is 6.01.